The first-order chi connectivity index (χ1) is 12.5. The second-order valence-electron chi connectivity index (χ2n) is 6.19. The van der Waals surface area contributed by atoms with Gasteiger partial charge in [0.2, 0.25) is 5.95 Å². The number of H-pyrrole nitrogens is 2. The Balaban J connectivity index is 1.48. The molecule has 1 aliphatic rings. The van der Waals surface area contributed by atoms with E-state index in [1.54, 1.807) is 17.1 Å². The highest BCUT2D eigenvalue weighted by Gasteiger charge is 2.36. The topological polar surface area (TPSA) is 157 Å². The summed E-state index contributed by atoms with van der Waals surface area (Å²) in [6.45, 7) is 2.09. The molecule has 0 spiro atoms. The molecule has 11 nitrogen and oxygen atoms in total. The van der Waals surface area contributed by atoms with E-state index < -0.39 is 24.0 Å². The minimum atomic E-state index is -0.717. The second-order valence-corrected chi connectivity index (χ2v) is 6.19. The number of fused-ring (bicyclic) bond motifs is 1. The van der Waals surface area contributed by atoms with Crippen molar-refractivity contribution in [3.05, 3.63) is 34.9 Å². The predicted molar refractivity (Wildman–Crippen MR) is 90.0 cm³/mol. The Morgan fingerprint density at radius 2 is 2.42 bits per heavy atom. The van der Waals surface area contributed by atoms with Crippen LogP contribution >= 0.6 is 0 Å². The number of aliphatic hydroxyl groups excluding tert-OH is 1. The fourth-order valence-electron chi connectivity index (χ4n) is 3.01. The Morgan fingerprint density at radius 1 is 1.58 bits per heavy atom. The lowest BCUT2D eigenvalue weighted by Gasteiger charge is -2.18. The molecule has 1 saturated heterocycles. The van der Waals surface area contributed by atoms with Crippen LogP contribution in [-0.2, 0) is 9.47 Å². The molecule has 26 heavy (non-hydrogen) atoms. The molecular weight excluding hydrogens is 342 g/mol. The average Bonchev–Trinajstić information content (AvgIpc) is 3.31. The zero-order chi connectivity index (χ0) is 18.3. The summed E-state index contributed by atoms with van der Waals surface area (Å²) in [7, 11) is 0. The van der Waals surface area contributed by atoms with E-state index in [2.05, 4.69) is 24.9 Å². The Morgan fingerprint density at radius 3 is 3.19 bits per heavy atom. The van der Waals surface area contributed by atoms with Gasteiger partial charge in [-0.15, -0.1) is 0 Å². The number of hydrogen-bond donors (Lipinski definition) is 4. The Kier molecular flexibility index (Phi) is 4.18. The van der Waals surface area contributed by atoms with Gasteiger partial charge in [0.1, 0.15) is 12.3 Å². The predicted octanol–water partition coefficient (Wildman–Crippen LogP) is -0.149. The van der Waals surface area contributed by atoms with Gasteiger partial charge in [0.25, 0.3) is 5.56 Å². The molecule has 0 amide bonds. The molecule has 11 heteroatoms. The smallest absolute Gasteiger partial charge is 0.280 e. The first-order valence-corrected chi connectivity index (χ1v) is 8.18. The van der Waals surface area contributed by atoms with Gasteiger partial charge in [0, 0.05) is 6.42 Å². The van der Waals surface area contributed by atoms with Crippen molar-refractivity contribution in [2.45, 2.75) is 37.9 Å². The van der Waals surface area contributed by atoms with Crippen molar-refractivity contribution in [2.24, 2.45) is 0 Å². The molecule has 4 heterocycles. The van der Waals surface area contributed by atoms with Gasteiger partial charge in [-0.1, -0.05) is 0 Å². The largest absolute Gasteiger partial charge is 0.390 e. The summed E-state index contributed by atoms with van der Waals surface area (Å²) in [6, 6.07) is 0. The Hall–Kier alpha value is -2.76. The summed E-state index contributed by atoms with van der Waals surface area (Å²) in [5.41, 5.74) is 6.52. The van der Waals surface area contributed by atoms with Crippen molar-refractivity contribution >= 4 is 17.1 Å². The highest BCUT2D eigenvalue weighted by atomic mass is 16.6. The number of nitrogens with zero attached hydrogens (tertiary/aromatic N) is 4. The van der Waals surface area contributed by atoms with E-state index in [1.165, 1.54) is 6.33 Å². The van der Waals surface area contributed by atoms with Crippen LogP contribution in [0.4, 0.5) is 5.95 Å². The molecule has 0 bridgehead atoms. The molecule has 0 saturated carbocycles. The molecule has 1 unspecified atom stereocenters. The number of rotatable bonds is 5. The third kappa shape index (κ3) is 2.96. The molecule has 1 fully saturated rings. The number of hydrogen-bond acceptors (Lipinski definition) is 8. The van der Waals surface area contributed by atoms with Gasteiger partial charge in [-0.05, 0) is 6.92 Å². The first kappa shape index (κ1) is 16.7. The zero-order valence-corrected chi connectivity index (χ0v) is 14.0. The van der Waals surface area contributed by atoms with E-state index in [0.29, 0.717) is 12.1 Å². The fraction of sp³-hybridized carbons (Fsp3) is 0.467. The Bertz CT molecular complexity index is 951. The van der Waals surface area contributed by atoms with Crippen LogP contribution in [0.2, 0.25) is 0 Å². The van der Waals surface area contributed by atoms with Crippen LogP contribution in [0.1, 0.15) is 31.4 Å². The van der Waals surface area contributed by atoms with Crippen LogP contribution in [0.3, 0.4) is 0 Å². The van der Waals surface area contributed by atoms with Gasteiger partial charge in [-0.2, -0.15) is 4.98 Å². The second kappa shape index (κ2) is 6.52. The molecular formula is C15H19N7O4. The van der Waals surface area contributed by atoms with Crippen molar-refractivity contribution in [1.82, 2.24) is 29.5 Å². The maximum Gasteiger partial charge on any atom is 0.280 e. The number of ether oxygens (including phenoxy) is 2. The normalized spacial score (nSPS) is 24.3. The van der Waals surface area contributed by atoms with Crippen LogP contribution < -0.4 is 11.3 Å². The van der Waals surface area contributed by atoms with E-state index in [4.69, 9.17) is 15.2 Å². The van der Waals surface area contributed by atoms with E-state index in [0.717, 1.165) is 5.69 Å². The van der Waals surface area contributed by atoms with E-state index in [1.807, 2.05) is 6.92 Å². The lowest BCUT2D eigenvalue weighted by atomic mass is 10.2. The summed E-state index contributed by atoms with van der Waals surface area (Å²) in [5, 5.41) is 10.3. The molecule has 138 valence electrons. The summed E-state index contributed by atoms with van der Waals surface area (Å²) >= 11 is 0. The zero-order valence-electron chi connectivity index (χ0n) is 14.0. The van der Waals surface area contributed by atoms with Crippen LogP contribution in [0, 0.1) is 0 Å². The van der Waals surface area contributed by atoms with Crippen molar-refractivity contribution in [1.29, 1.82) is 0 Å². The van der Waals surface area contributed by atoms with Crippen LogP contribution in [0.25, 0.3) is 11.2 Å². The Labute approximate surface area is 147 Å². The summed E-state index contributed by atoms with van der Waals surface area (Å²) in [4.78, 5) is 29.4. The fourth-order valence-corrected chi connectivity index (χ4v) is 3.01. The number of nitrogens with one attached hydrogen (secondary N) is 2. The number of aliphatic hydroxyl groups is 1. The van der Waals surface area contributed by atoms with E-state index in [9.17, 15) is 9.90 Å². The molecule has 4 atom stereocenters. The lowest BCUT2D eigenvalue weighted by molar-refractivity contribution is -0.0772. The first-order valence-electron chi connectivity index (χ1n) is 8.18. The van der Waals surface area contributed by atoms with Gasteiger partial charge >= 0.3 is 0 Å². The standard InChI is InChI=1S/C15H19N7O4/c1-7(8-3-17-5-18-8)25-4-10-9(23)2-11(26-10)22-6-19-12-13(22)20-15(16)21-14(12)24/h3,5-7,9-11,23H,2,4H2,1H3,(H,17,18)(H3,16,20,21,24)/t7?,9-,10+,11+/m0/s1. The molecule has 3 aromatic heterocycles. The molecule has 5 N–H and O–H groups in total. The van der Waals surface area contributed by atoms with Crippen LogP contribution in [0.5, 0.6) is 0 Å². The van der Waals surface area contributed by atoms with Crippen molar-refractivity contribution in [3.63, 3.8) is 0 Å². The van der Waals surface area contributed by atoms with Crippen molar-refractivity contribution < 1.29 is 14.6 Å². The minimum absolute atomic E-state index is 0.00365. The number of imidazole rings is 2. The lowest BCUT2D eigenvalue weighted by Crippen LogP contribution is -2.27. The maximum atomic E-state index is 11.9. The SMILES string of the molecule is CC(OC[C@H]1O[C@@H](n2cnc3c(=O)[nH]c(N)nc32)C[C@@H]1O)c1cnc[nH]1. The maximum absolute atomic E-state index is 11.9. The average molecular weight is 361 g/mol. The number of nitrogens with two attached hydrogens (primary N) is 1. The van der Waals surface area contributed by atoms with E-state index >= 15 is 0 Å². The van der Waals surface area contributed by atoms with Gasteiger partial charge in [-0.3, -0.25) is 14.3 Å². The number of nitrogen functional groups attached to an aromatic ring is 1. The van der Waals surface area contributed by atoms with Gasteiger partial charge in [0.05, 0.1) is 43.4 Å². The summed E-state index contributed by atoms with van der Waals surface area (Å²) in [5.74, 6) is -0.00365. The van der Waals surface area contributed by atoms with E-state index in [-0.39, 0.29) is 24.2 Å². The molecule has 1 aliphatic heterocycles. The van der Waals surface area contributed by atoms with Crippen molar-refractivity contribution in [3.8, 4) is 0 Å². The van der Waals surface area contributed by atoms with Gasteiger partial charge < -0.3 is 25.3 Å². The molecule has 0 radical (unpaired) electrons. The molecule has 0 aliphatic carbocycles. The highest BCUT2D eigenvalue weighted by Crippen LogP contribution is 2.31. The number of aromatic nitrogens is 6. The molecule has 0 aromatic carbocycles. The third-order valence-electron chi connectivity index (χ3n) is 4.43. The third-order valence-corrected chi connectivity index (χ3v) is 4.43. The molecule has 3 aromatic rings. The molecule has 4 rings (SSSR count). The monoisotopic (exact) mass is 361 g/mol. The highest BCUT2D eigenvalue weighted by molar-refractivity contribution is 5.70. The van der Waals surface area contributed by atoms with Crippen molar-refractivity contribution in [2.75, 3.05) is 12.3 Å². The number of aromatic amines is 2. The quantitative estimate of drug-likeness (QED) is 0.488. The van der Waals surface area contributed by atoms with Crippen LogP contribution in [-0.4, -0.2) is 53.4 Å². The van der Waals surface area contributed by atoms with Gasteiger partial charge in [0.15, 0.2) is 11.2 Å². The number of anilines is 1. The van der Waals surface area contributed by atoms with Gasteiger partial charge in [-0.25, -0.2) is 9.97 Å². The summed E-state index contributed by atoms with van der Waals surface area (Å²) in [6.07, 6.45) is 3.10. The van der Waals surface area contributed by atoms with Crippen LogP contribution in [0.15, 0.2) is 23.6 Å². The minimum Gasteiger partial charge on any atom is -0.390 e. The summed E-state index contributed by atoms with van der Waals surface area (Å²) < 4.78 is 13.3.